The van der Waals surface area contributed by atoms with Crippen LogP contribution in [-0.4, -0.2) is 30.3 Å². The second-order valence-corrected chi connectivity index (χ2v) is 9.38. The predicted molar refractivity (Wildman–Crippen MR) is 103 cm³/mol. The van der Waals surface area contributed by atoms with Gasteiger partial charge in [0.1, 0.15) is 18.1 Å². The number of rotatable bonds is 7. The third-order valence-corrected chi connectivity index (χ3v) is 5.95. The maximum atomic E-state index is 12.3. The van der Waals surface area contributed by atoms with Gasteiger partial charge in [-0.2, -0.15) is 0 Å². The van der Waals surface area contributed by atoms with Crippen LogP contribution in [0.1, 0.15) is 66.7 Å². The lowest BCUT2D eigenvalue weighted by Gasteiger charge is -2.36. The molecule has 3 rings (SSSR count). The standard InChI is InChI=1S/C22H32O7/c1-12(2)8-18(24)28-16-11-26-21(29-19(25)9-13(3)4)20-15(16)10-17(27-14(5)23)22(20)6-7-22/h11-13,15,17,20-21H,6-10H2,1-5H3/t15-,17+,20-,21+/m1/s1. The Morgan fingerprint density at radius 3 is 2.24 bits per heavy atom. The lowest BCUT2D eigenvalue weighted by molar-refractivity contribution is -0.196. The molecule has 1 spiro atoms. The molecule has 0 unspecified atom stereocenters. The molecule has 0 saturated heterocycles. The molecule has 4 atom stereocenters. The van der Waals surface area contributed by atoms with Crippen molar-refractivity contribution in [1.82, 2.24) is 0 Å². The van der Waals surface area contributed by atoms with Crippen molar-refractivity contribution in [2.24, 2.45) is 29.1 Å². The summed E-state index contributed by atoms with van der Waals surface area (Å²) in [7, 11) is 0. The minimum absolute atomic E-state index is 0.178. The number of allylic oxidation sites excluding steroid dienone is 1. The molecule has 2 fully saturated rings. The average molecular weight is 408 g/mol. The summed E-state index contributed by atoms with van der Waals surface area (Å²) >= 11 is 0. The minimum atomic E-state index is -0.762. The van der Waals surface area contributed by atoms with Crippen LogP contribution in [0.2, 0.25) is 0 Å². The van der Waals surface area contributed by atoms with Gasteiger partial charge in [-0.1, -0.05) is 27.7 Å². The highest BCUT2D eigenvalue weighted by Crippen LogP contribution is 2.67. The van der Waals surface area contributed by atoms with Gasteiger partial charge in [-0.15, -0.1) is 0 Å². The van der Waals surface area contributed by atoms with E-state index in [0.29, 0.717) is 25.0 Å². The van der Waals surface area contributed by atoms with Crippen molar-refractivity contribution in [2.75, 3.05) is 0 Å². The summed E-state index contributed by atoms with van der Waals surface area (Å²) in [6, 6.07) is 0. The summed E-state index contributed by atoms with van der Waals surface area (Å²) in [6.45, 7) is 9.20. The van der Waals surface area contributed by atoms with Gasteiger partial charge in [0.2, 0.25) is 6.29 Å². The maximum absolute atomic E-state index is 12.3. The van der Waals surface area contributed by atoms with Crippen LogP contribution in [0.3, 0.4) is 0 Å². The van der Waals surface area contributed by atoms with Gasteiger partial charge in [-0.3, -0.25) is 14.4 Å². The molecule has 0 aromatic rings. The van der Waals surface area contributed by atoms with E-state index in [1.165, 1.54) is 13.2 Å². The normalized spacial score (nSPS) is 29.1. The van der Waals surface area contributed by atoms with Crippen LogP contribution in [-0.2, 0) is 33.3 Å². The fraction of sp³-hybridized carbons (Fsp3) is 0.773. The number of esters is 3. The van der Waals surface area contributed by atoms with E-state index in [4.69, 9.17) is 18.9 Å². The third-order valence-electron chi connectivity index (χ3n) is 5.95. The van der Waals surface area contributed by atoms with Crippen LogP contribution in [0.5, 0.6) is 0 Å². The largest absolute Gasteiger partial charge is 0.462 e. The fourth-order valence-electron chi connectivity index (χ4n) is 4.67. The first-order chi connectivity index (χ1) is 13.6. The Balaban J connectivity index is 1.82. The Morgan fingerprint density at radius 2 is 1.69 bits per heavy atom. The molecular weight excluding hydrogens is 376 g/mol. The summed E-state index contributed by atoms with van der Waals surface area (Å²) in [6.07, 6.45) is 3.21. The summed E-state index contributed by atoms with van der Waals surface area (Å²) in [5, 5.41) is 0. The lowest BCUT2D eigenvalue weighted by Crippen LogP contribution is -2.41. The third kappa shape index (κ3) is 4.75. The molecule has 0 radical (unpaired) electrons. The van der Waals surface area contributed by atoms with Crippen molar-refractivity contribution in [1.29, 1.82) is 0 Å². The van der Waals surface area contributed by atoms with Gasteiger partial charge in [0, 0.05) is 31.1 Å². The highest BCUT2D eigenvalue weighted by molar-refractivity contribution is 5.71. The topological polar surface area (TPSA) is 88.1 Å². The number of carbonyl (C=O) groups excluding carboxylic acids is 3. The zero-order chi connectivity index (χ0) is 21.3. The van der Waals surface area contributed by atoms with E-state index in [9.17, 15) is 14.4 Å². The van der Waals surface area contributed by atoms with Crippen molar-refractivity contribution in [3.8, 4) is 0 Å². The lowest BCUT2D eigenvalue weighted by atomic mass is 9.83. The van der Waals surface area contributed by atoms with Crippen molar-refractivity contribution in [3.05, 3.63) is 12.0 Å². The van der Waals surface area contributed by atoms with Crippen LogP contribution in [0.25, 0.3) is 0 Å². The van der Waals surface area contributed by atoms with Gasteiger partial charge in [-0.05, 0) is 31.1 Å². The molecule has 0 aromatic carbocycles. The SMILES string of the molecule is CC(=O)O[C@H]1C[C@@H]2C(OC(=O)CC(C)C)=CO[C@@H](OC(=O)CC(C)C)[C@@H]2C12CC2. The van der Waals surface area contributed by atoms with E-state index < -0.39 is 6.29 Å². The molecule has 1 heterocycles. The monoisotopic (exact) mass is 408 g/mol. The molecule has 2 saturated carbocycles. The Hall–Kier alpha value is -2.05. The van der Waals surface area contributed by atoms with Crippen molar-refractivity contribution < 1.29 is 33.3 Å². The molecule has 3 aliphatic rings. The molecule has 0 amide bonds. The van der Waals surface area contributed by atoms with Crippen LogP contribution in [0.15, 0.2) is 12.0 Å². The molecule has 0 aromatic heterocycles. The van der Waals surface area contributed by atoms with Crippen LogP contribution in [0, 0.1) is 29.1 Å². The van der Waals surface area contributed by atoms with E-state index in [1.54, 1.807) is 0 Å². The minimum Gasteiger partial charge on any atom is -0.462 e. The number of carbonyl (C=O) groups is 3. The van der Waals surface area contributed by atoms with E-state index in [1.807, 2.05) is 27.7 Å². The van der Waals surface area contributed by atoms with Gasteiger partial charge < -0.3 is 18.9 Å². The second kappa shape index (κ2) is 8.36. The van der Waals surface area contributed by atoms with Gasteiger partial charge >= 0.3 is 17.9 Å². The number of hydrogen-bond acceptors (Lipinski definition) is 7. The summed E-state index contributed by atoms with van der Waals surface area (Å²) in [5.74, 6) is -0.557. The molecule has 0 bridgehead atoms. The number of ether oxygens (including phenoxy) is 4. The molecule has 7 nitrogen and oxygen atoms in total. The van der Waals surface area contributed by atoms with Gasteiger partial charge in [0.15, 0.2) is 0 Å². The molecule has 7 heteroatoms. The van der Waals surface area contributed by atoms with Crippen molar-refractivity contribution >= 4 is 17.9 Å². The smallest absolute Gasteiger partial charge is 0.311 e. The second-order valence-electron chi connectivity index (χ2n) is 9.38. The van der Waals surface area contributed by atoms with Gasteiger partial charge in [0.25, 0.3) is 0 Å². The first-order valence-electron chi connectivity index (χ1n) is 10.5. The van der Waals surface area contributed by atoms with E-state index in [2.05, 4.69) is 0 Å². The quantitative estimate of drug-likeness (QED) is 0.469. The molecule has 1 aliphatic heterocycles. The predicted octanol–water partition coefficient (Wildman–Crippen LogP) is 3.71. The van der Waals surface area contributed by atoms with Crippen LogP contribution >= 0.6 is 0 Å². The molecular formula is C22H32O7. The Kier molecular flexibility index (Phi) is 6.24. The summed E-state index contributed by atoms with van der Waals surface area (Å²) < 4.78 is 22.7. The van der Waals surface area contributed by atoms with E-state index in [0.717, 1.165) is 12.8 Å². The van der Waals surface area contributed by atoms with Crippen LogP contribution in [0.4, 0.5) is 0 Å². The van der Waals surface area contributed by atoms with E-state index >= 15 is 0 Å². The summed E-state index contributed by atoms with van der Waals surface area (Å²) in [5.41, 5.74) is -0.289. The molecule has 2 aliphatic carbocycles. The number of fused-ring (bicyclic) bond motifs is 2. The molecule has 162 valence electrons. The highest BCUT2D eigenvalue weighted by Gasteiger charge is 2.69. The maximum Gasteiger partial charge on any atom is 0.311 e. The Labute approximate surface area is 172 Å². The highest BCUT2D eigenvalue weighted by atomic mass is 16.7. The first kappa shape index (κ1) is 21.7. The van der Waals surface area contributed by atoms with Crippen molar-refractivity contribution in [2.45, 2.75) is 79.1 Å². The van der Waals surface area contributed by atoms with Gasteiger partial charge in [-0.25, -0.2) is 0 Å². The fourth-order valence-corrected chi connectivity index (χ4v) is 4.67. The van der Waals surface area contributed by atoms with Crippen LogP contribution < -0.4 is 0 Å². The first-order valence-corrected chi connectivity index (χ1v) is 10.5. The average Bonchev–Trinajstić information content (AvgIpc) is 3.29. The zero-order valence-corrected chi connectivity index (χ0v) is 17.9. The van der Waals surface area contributed by atoms with E-state index in [-0.39, 0.29) is 53.1 Å². The summed E-state index contributed by atoms with van der Waals surface area (Å²) in [4.78, 5) is 36.2. The van der Waals surface area contributed by atoms with Gasteiger partial charge in [0.05, 0.1) is 5.92 Å². The zero-order valence-electron chi connectivity index (χ0n) is 17.9. The van der Waals surface area contributed by atoms with Crippen molar-refractivity contribution in [3.63, 3.8) is 0 Å². The number of hydrogen-bond donors (Lipinski definition) is 0. The Morgan fingerprint density at radius 1 is 1.07 bits per heavy atom. The Bertz CT molecular complexity index is 689. The molecule has 0 N–H and O–H groups in total. The molecule has 29 heavy (non-hydrogen) atoms.